The highest BCUT2D eigenvalue weighted by Gasteiger charge is 2.22. The van der Waals surface area contributed by atoms with Crippen molar-refractivity contribution in [1.29, 1.82) is 0 Å². The van der Waals surface area contributed by atoms with Crippen LogP contribution in [0.4, 0.5) is 8.78 Å². The fourth-order valence-corrected chi connectivity index (χ4v) is 2.13. The standard InChI is InChI=1S/C13H16F2N2O/c1-8(2)11-10-5-4-9(7-18-3)6-17(10)16-12(11)13(14)15/h4-6,8,13H,7H2,1-3H3. The van der Waals surface area contributed by atoms with Crippen molar-refractivity contribution >= 4 is 5.52 Å². The summed E-state index contributed by atoms with van der Waals surface area (Å²) in [6.45, 7) is 4.23. The Labute approximate surface area is 104 Å². The Morgan fingerprint density at radius 1 is 1.33 bits per heavy atom. The third-order valence-electron chi connectivity index (χ3n) is 2.85. The number of fused-ring (bicyclic) bond motifs is 1. The number of ether oxygens (including phenoxy) is 1. The van der Waals surface area contributed by atoms with E-state index in [9.17, 15) is 8.78 Å². The Kier molecular flexibility index (Phi) is 3.61. The molecule has 0 aliphatic carbocycles. The number of nitrogens with zero attached hydrogens (tertiary/aromatic N) is 2. The van der Waals surface area contributed by atoms with Crippen molar-refractivity contribution in [3.05, 3.63) is 35.2 Å². The van der Waals surface area contributed by atoms with Gasteiger partial charge in [0.25, 0.3) is 6.43 Å². The van der Waals surface area contributed by atoms with Gasteiger partial charge in [-0.3, -0.25) is 0 Å². The summed E-state index contributed by atoms with van der Waals surface area (Å²) in [5, 5.41) is 3.99. The number of halogens is 2. The largest absolute Gasteiger partial charge is 0.380 e. The lowest BCUT2D eigenvalue weighted by Crippen LogP contribution is -1.94. The van der Waals surface area contributed by atoms with Crippen LogP contribution < -0.4 is 0 Å². The first-order chi connectivity index (χ1) is 8.54. The summed E-state index contributed by atoms with van der Waals surface area (Å²) < 4.78 is 32.5. The Morgan fingerprint density at radius 3 is 2.61 bits per heavy atom. The highest BCUT2D eigenvalue weighted by molar-refractivity contribution is 5.58. The third-order valence-corrected chi connectivity index (χ3v) is 2.85. The summed E-state index contributed by atoms with van der Waals surface area (Å²) >= 11 is 0. The lowest BCUT2D eigenvalue weighted by molar-refractivity contribution is 0.144. The van der Waals surface area contributed by atoms with Crippen LogP contribution in [0.1, 0.15) is 43.0 Å². The van der Waals surface area contributed by atoms with E-state index in [2.05, 4.69) is 5.10 Å². The first-order valence-electron chi connectivity index (χ1n) is 5.82. The molecule has 0 aromatic carbocycles. The normalized spacial score (nSPS) is 11.9. The molecular weight excluding hydrogens is 238 g/mol. The molecule has 0 saturated heterocycles. The molecule has 0 bridgehead atoms. The zero-order valence-corrected chi connectivity index (χ0v) is 10.7. The average Bonchev–Trinajstić information content (AvgIpc) is 2.68. The summed E-state index contributed by atoms with van der Waals surface area (Å²) in [5.74, 6) is 0.0137. The van der Waals surface area contributed by atoms with E-state index in [-0.39, 0.29) is 11.6 Å². The van der Waals surface area contributed by atoms with Crippen LogP contribution in [0.5, 0.6) is 0 Å². The molecule has 18 heavy (non-hydrogen) atoms. The van der Waals surface area contributed by atoms with Crippen LogP contribution in [-0.2, 0) is 11.3 Å². The number of hydrogen-bond donors (Lipinski definition) is 0. The minimum absolute atomic E-state index is 0.0137. The molecule has 2 aromatic heterocycles. The first kappa shape index (κ1) is 13.0. The number of methoxy groups -OCH3 is 1. The topological polar surface area (TPSA) is 26.5 Å². The molecule has 0 aliphatic rings. The number of aromatic nitrogens is 2. The van der Waals surface area contributed by atoms with E-state index in [0.717, 1.165) is 11.1 Å². The SMILES string of the molecule is COCc1ccc2c(C(C)C)c(C(F)F)nn2c1. The third kappa shape index (κ3) is 2.22. The lowest BCUT2D eigenvalue weighted by Gasteiger charge is -2.06. The zero-order valence-electron chi connectivity index (χ0n) is 10.7. The lowest BCUT2D eigenvalue weighted by atomic mass is 10.0. The van der Waals surface area contributed by atoms with E-state index in [0.29, 0.717) is 12.2 Å². The number of hydrogen-bond acceptors (Lipinski definition) is 2. The summed E-state index contributed by atoms with van der Waals surface area (Å²) in [6, 6.07) is 3.70. The quantitative estimate of drug-likeness (QED) is 0.834. The second-order valence-electron chi connectivity index (χ2n) is 4.55. The molecule has 0 spiro atoms. The molecule has 5 heteroatoms. The van der Waals surface area contributed by atoms with Gasteiger partial charge in [-0.25, -0.2) is 13.3 Å². The van der Waals surface area contributed by atoms with Gasteiger partial charge in [0.05, 0.1) is 12.1 Å². The van der Waals surface area contributed by atoms with Crippen molar-refractivity contribution in [1.82, 2.24) is 9.61 Å². The zero-order chi connectivity index (χ0) is 13.3. The van der Waals surface area contributed by atoms with Gasteiger partial charge < -0.3 is 4.74 Å². The second-order valence-corrected chi connectivity index (χ2v) is 4.55. The molecule has 2 heterocycles. The van der Waals surface area contributed by atoms with Crippen LogP contribution in [0.3, 0.4) is 0 Å². The van der Waals surface area contributed by atoms with Crippen LogP contribution in [-0.4, -0.2) is 16.7 Å². The molecule has 0 N–H and O–H groups in total. The van der Waals surface area contributed by atoms with Crippen LogP contribution in [0.2, 0.25) is 0 Å². The fraction of sp³-hybridized carbons (Fsp3) is 0.462. The number of rotatable bonds is 4. The monoisotopic (exact) mass is 254 g/mol. The minimum atomic E-state index is -2.55. The van der Waals surface area contributed by atoms with Crippen LogP contribution in [0, 0.1) is 0 Å². The highest BCUT2D eigenvalue weighted by Crippen LogP contribution is 2.31. The molecule has 0 radical (unpaired) electrons. The summed E-state index contributed by atoms with van der Waals surface area (Å²) in [4.78, 5) is 0. The van der Waals surface area contributed by atoms with Gasteiger partial charge in [0.1, 0.15) is 5.69 Å². The molecular formula is C13H16F2N2O. The van der Waals surface area contributed by atoms with Gasteiger partial charge in [-0.15, -0.1) is 0 Å². The van der Waals surface area contributed by atoms with Gasteiger partial charge >= 0.3 is 0 Å². The van der Waals surface area contributed by atoms with Crippen molar-refractivity contribution < 1.29 is 13.5 Å². The highest BCUT2D eigenvalue weighted by atomic mass is 19.3. The fourth-order valence-electron chi connectivity index (χ4n) is 2.13. The molecule has 2 rings (SSSR count). The molecule has 0 saturated carbocycles. The van der Waals surface area contributed by atoms with Gasteiger partial charge in [0, 0.05) is 18.9 Å². The van der Waals surface area contributed by atoms with E-state index in [1.807, 2.05) is 26.0 Å². The summed E-state index contributed by atoms with van der Waals surface area (Å²) in [7, 11) is 1.59. The van der Waals surface area contributed by atoms with Gasteiger partial charge in [-0.05, 0) is 17.5 Å². The van der Waals surface area contributed by atoms with Crippen LogP contribution >= 0.6 is 0 Å². The molecule has 0 unspecified atom stereocenters. The Hall–Kier alpha value is -1.49. The molecule has 98 valence electrons. The van der Waals surface area contributed by atoms with E-state index in [1.165, 1.54) is 4.52 Å². The van der Waals surface area contributed by atoms with Crippen LogP contribution in [0.25, 0.3) is 5.52 Å². The Bertz CT molecular complexity index is 549. The maximum atomic E-state index is 13.0. The van der Waals surface area contributed by atoms with Crippen molar-refractivity contribution in [2.75, 3.05) is 7.11 Å². The van der Waals surface area contributed by atoms with E-state index >= 15 is 0 Å². The molecule has 0 amide bonds. The molecule has 2 aromatic rings. The molecule has 0 atom stereocenters. The number of alkyl halides is 2. The van der Waals surface area contributed by atoms with Crippen molar-refractivity contribution in [2.45, 2.75) is 32.8 Å². The van der Waals surface area contributed by atoms with E-state index in [1.54, 1.807) is 13.3 Å². The molecule has 0 aliphatic heterocycles. The Balaban J connectivity index is 2.61. The van der Waals surface area contributed by atoms with Gasteiger partial charge in [-0.1, -0.05) is 19.9 Å². The van der Waals surface area contributed by atoms with E-state index in [4.69, 9.17) is 4.74 Å². The van der Waals surface area contributed by atoms with Crippen molar-refractivity contribution in [2.24, 2.45) is 0 Å². The van der Waals surface area contributed by atoms with Gasteiger partial charge in [0.2, 0.25) is 0 Å². The summed E-state index contributed by atoms with van der Waals surface area (Å²) in [6.07, 6.45) is -0.815. The average molecular weight is 254 g/mol. The predicted octanol–water partition coefficient (Wildman–Crippen LogP) is 3.54. The maximum Gasteiger partial charge on any atom is 0.282 e. The van der Waals surface area contributed by atoms with Gasteiger partial charge in [0.15, 0.2) is 0 Å². The first-order valence-corrected chi connectivity index (χ1v) is 5.82. The maximum absolute atomic E-state index is 13.0. The Morgan fingerprint density at radius 2 is 2.06 bits per heavy atom. The summed E-state index contributed by atoms with van der Waals surface area (Å²) in [5.41, 5.74) is 2.14. The molecule has 0 fully saturated rings. The van der Waals surface area contributed by atoms with Crippen LogP contribution in [0.15, 0.2) is 18.3 Å². The predicted molar refractivity (Wildman–Crippen MR) is 65.0 cm³/mol. The van der Waals surface area contributed by atoms with Crippen molar-refractivity contribution in [3.63, 3.8) is 0 Å². The van der Waals surface area contributed by atoms with Gasteiger partial charge in [-0.2, -0.15) is 5.10 Å². The van der Waals surface area contributed by atoms with Crippen molar-refractivity contribution in [3.8, 4) is 0 Å². The minimum Gasteiger partial charge on any atom is -0.380 e. The van der Waals surface area contributed by atoms with E-state index < -0.39 is 6.43 Å². The number of pyridine rings is 1. The smallest absolute Gasteiger partial charge is 0.282 e. The second kappa shape index (κ2) is 5.02. The molecule has 3 nitrogen and oxygen atoms in total.